The first kappa shape index (κ1) is 45.5. The van der Waals surface area contributed by atoms with Crippen LogP contribution in [0, 0.1) is 6.92 Å². The monoisotopic (exact) mass is 978 g/mol. The molecule has 0 atom stereocenters. The van der Waals surface area contributed by atoms with Gasteiger partial charge in [0.2, 0.25) is 20.0 Å². The number of hydrogen-bond acceptors (Lipinski definition) is 11. The molecule has 19 heteroatoms. The highest BCUT2D eigenvalue weighted by molar-refractivity contribution is 7.89. The number of thiazole rings is 2. The second-order valence-electron chi connectivity index (χ2n) is 14.4. The average molecular weight is 981 g/mol. The van der Waals surface area contributed by atoms with E-state index in [2.05, 4.69) is 46.4 Å². The van der Waals surface area contributed by atoms with Gasteiger partial charge in [-0.05, 0) is 66.6 Å². The predicted molar refractivity (Wildman–Crippen MR) is 249 cm³/mol. The van der Waals surface area contributed by atoms with Gasteiger partial charge >= 0.3 is 0 Å². The number of benzene rings is 4. The normalized spacial score (nSPS) is 15.4. The highest BCUT2D eigenvalue weighted by Gasteiger charge is 2.32. The molecular weight excluding hydrogens is 939 g/mol. The van der Waals surface area contributed by atoms with Crippen LogP contribution < -0.4 is 14.5 Å². The molecular formula is C42H42Cl4N6O5S4. The Morgan fingerprint density at radius 2 is 1.03 bits per heavy atom. The lowest BCUT2D eigenvalue weighted by atomic mass is 10.1. The van der Waals surface area contributed by atoms with Gasteiger partial charge < -0.3 is 14.5 Å². The molecule has 0 radical (unpaired) electrons. The quantitative estimate of drug-likeness (QED) is 0.125. The fourth-order valence-electron chi connectivity index (χ4n) is 6.95. The van der Waals surface area contributed by atoms with Gasteiger partial charge in [0.25, 0.3) is 0 Å². The van der Waals surface area contributed by atoms with Crippen molar-refractivity contribution in [3.8, 4) is 5.75 Å². The van der Waals surface area contributed by atoms with Crippen LogP contribution in [0.2, 0.25) is 20.1 Å². The molecule has 6 aromatic rings. The second kappa shape index (κ2) is 19.9. The summed E-state index contributed by atoms with van der Waals surface area (Å²) in [5, 5.41) is 7.05. The Balaban J connectivity index is 0.000000184. The summed E-state index contributed by atoms with van der Waals surface area (Å²) in [5.74, 6) is 0.825. The summed E-state index contributed by atoms with van der Waals surface area (Å²) in [5.41, 5.74) is 5.62. The van der Waals surface area contributed by atoms with Gasteiger partial charge in [-0.2, -0.15) is 8.61 Å². The number of nitrogens with zero attached hydrogens (tertiary/aromatic N) is 6. The number of anilines is 2. The Labute approximate surface area is 385 Å². The lowest BCUT2D eigenvalue weighted by Gasteiger charge is -2.33. The molecule has 4 aromatic carbocycles. The first-order chi connectivity index (χ1) is 29.2. The molecule has 0 saturated carbocycles. The summed E-state index contributed by atoms with van der Waals surface area (Å²) in [6.45, 7) is 5.89. The molecule has 0 aliphatic carbocycles. The van der Waals surface area contributed by atoms with Crippen LogP contribution in [0.5, 0.6) is 5.75 Å². The largest absolute Gasteiger partial charge is 0.497 e. The smallest absolute Gasteiger partial charge is 0.244 e. The van der Waals surface area contributed by atoms with Crippen molar-refractivity contribution < 1.29 is 21.6 Å². The van der Waals surface area contributed by atoms with Gasteiger partial charge in [-0.1, -0.05) is 88.4 Å². The Morgan fingerprint density at radius 3 is 1.46 bits per heavy atom. The van der Waals surface area contributed by atoms with E-state index >= 15 is 0 Å². The summed E-state index contributed by atoms with van der Waals surface area (Å²) in [4.78, 5) is 14.0. The number of ether oxygens (including phenoxy) is 1. The number of piperazine rings is 2. The predicted octanol–water partition coefficient (Wildman–Crippen LogP) is 9.42. The Morgan fingerprint density at radius 1 is 0.590 bits per heavy atom. The Hall–Kier alpha value is -3.48. The van der Waals surface area contributed by atoms with Crippen molar-refractivity contribution in [3.63, 3.8) is 0 Å². The zero-order valence-corrected chi connectivity index (χ0v) is 39.5. The molecule has 2 saturated heterocycles. The van der Waals surface area contributed by atoms with Crippen molar-refractivity contribution in [2.24, 2.45) is 0 Å². The van der Waals surface area contributed by atoms with Crippen molar-refractivity contribution in [2.45, 2.75) is 29.6 Å². The van der Waals surface area contributed by atoms with Gasteiger partial charge in [-0.25, -0.2) is 26.8 Å². The molecule has 0 unspecified atom stereocenters. The molecule has 0 bridgehead atoms. The molecule has 2 aliphatic rings. The maximum Gasteiger partial charge on any atom is 0.244 e. The standard InChI is InChI=1S/C21H21Cl2N3O3S2.C21H21Cl2N3O2S2/c1-29-18-4-2-3-15(12-18)11-17-14-30-21(24-17)25-7-9-26(10-8-25)31(27,28)20-6-5-16(22)13-19(20)23;1-15-3-2-4-16(11-15)12-18-14-29-21(24-18)25-7-9-26(10-8-25)30(27,28)20-6-5-17(22)13-19(20)23/h2-6,12-14H,7-11H2,1H3;2-6,11,13-14H,7-10,12H2,1H3. The van der Waals surface area contributed by atoms with E-state index in [4.69, 9.17) is 61.1 Å². The van der Waals surface area contributed by atoms with E-state index in [1.165, 1.54) is 50.1 Å². The van der Waals surface area contributed by atoms with Crippen molar-refractivity contribution in [2.75, 3.05) is 69.3 Å². The Bertz CT molecular complexity index is 2700. The topological polar surface area (TPSA) is 116 Å². The van der Waals surface area contributed by atoms with Crippen LogP contribution in [0.1, 0.15) is 28.1 Å². The van der Waals surface area contributed by atoms with E-state index in [0.717, 1.165) is 45.8 Å². The van der Waals surface area contributed by atoms with Gasteiger partial charge in [0, 0.05) is 86.0 Å². The van der Waals surface area contributed by atoms with Crippen LogP contribution in [-0.4, -0.2) is 94.9 Å². The van der Waals surface area contributed by atoms with Crippen LogP contribution in [0.4, 0.5) is 10.3 Å². The molecule has 2 aliphatic heterocycles. The van der Waals surface area contributed by atoms with Gasteiger partial charge in [0.05, 0.1) is 28.5 Å². The number of halogens is 4. The van der Waals surface area contributed by atoms with Gasteiger partial charge in [-0.3, -0.25) is 0 Å². The molecule has 322 valence electrons. The van der Waals surface area contributed by atoms with Gasteiger partial charge in [-0.15, -0.1) is 22.7 Å². The summed E-state index contributed by atoms with van der Waals surface area (Å²) < 4.78 is 60.1. The third kappa shape index (κ3) is 11.2. The van der Waals surface area contributed by atoms with Crippen LogP contribution in [0.15, 0.2) is 105 Å². The molecule has 11 nitrogen and oxygen atoms in total. The SMILES string of the molecule is COc1cccc(Cc2csc(N3CCN(S(=O)(=O)c4ccc(Cl)cc4Cl)CC3)n2)c1.Cc1cccc(Cc2csc(N3CCN(S(=O)(=O)c4ccc(Cl)cc4Cl)CC3)n2)c1. The summed E-state index contributed by atoms with van der Waals surface area (Å²) >= 11 is 27.2. The molecule has 0 N–H and O–H groups in total. The number of hydrogen-bond donors (Lipinski definition) is 0. The maximum absolute atomic E-state index is 13.0. The van der Waals surface area contributed by atoms with Crippen molar-refractivity contribution >= 4 is 99.4 Å². The van der Waals surface area contributed by atoms with E-state index in [9.17, 15) is 16.8 Å². The summed E-state index contributed by atoms with van der Waals surface area (Å²) in [6.07, 6.45) is 1.51. The van der Waals surface area contributed by atoms with E-state index in [1.54, 1.807) is 35.8 Å². The van der Waals surface area contributed by atoms with Crippen molar-refractivity contribution in [1.29, 1.82) is 0 Å². The third-order valence-electron chi connectivity index (χ3n) is 10.1. The third-order valence-corrected chi connectivity index (χ3v) is 17.2. The number of aromatic nitrogens is 2. The molecule has 61 heavy (non-hydrogen) atoms. The lowest BCUT2D eigenvalue weighted by Crippen LogP contribution is -2.48. The number of rotatable bonds is 11. The van der Waals surface area contributed by atoms with Crippen LogP contribution in [-0.2, 0) is 32.9 Å². The highest BCUT2D eigenvalue weighted by Crippen LogP contribution is 2.32. The molecule has 0 spiro atoms. The second-order valence-corrected chi connectivity index (χ2v) is 21.5. The molecule has 0 amide bonds. The first-order valence-corrected chi connectivity index (χ1v) is 25.3. The minimum atomic E-state index is -3.67. The van der Waals surface area contributed by atoms with E-state index in [0.29, 0.717) is 62.4 Å². The highest BCUT2D eigenvalue weighted by atomic mass is 35.5. The lowest BCUT2D eigenvalue weighted by molar-refractivity contribution is 0.384. The van der Waals surface area contributed by atoms with Gasteiger partial charge in [0.15, 0.2) is 10.3 Å². The Kier molecular flexibility index (Phi) is 14.9. The average Bonchev–Trinajstić information content (AvgIpc) is 3.91. The van der Waals surface area contributed by atoms with E-state index in [1.807, 2.05) is 29.6 Å². The first-order valence-electron chi connectivity index (χ1n) is 19.2. The van der Waals surface area contributed by atoms with Crippen molar-refractivity contribution in [3.05, 3.63) is 144 Å². The molecule has 2 aromatic heterocycles. The molecule has 8 rings (SSSR count). The number of aryl methyl sites for hydroxylation is 1. The fourth-order valence-corrected chi connectivity index (χ4v) is 13.0. The van der Waals surface area contributed by atoms with Crippen LogP contribution in [0.3, 0.4) is 0 Å². The summed E-state index contributed by atoms with van der Waals surface area (Å²) in [6, 6.07) is 25.3. The van der Waals surface area contributed by atoms with Crippen LogP contribution >= 0.6 is 69.1 Å². The minimum absolute atomic E-state index is 0.0850. The molecule has 4 heterocycles. The van der Waals surface area contributed by atoms with Crippen LogP contribution in [0.25, 0.3) is 0 Å². The maximum atomic E-state index is 13.0. The molecule has 2 fully saturated rings. The zero-order valence-electron chi connectivity index (χ0n) is 33.2. The van der Waals surface area contributed by atoms with Gasteiger partial charge in [0.1, 0.15) is 15.5 Å². The van der Waals surface area contributed by atoms with E-state index in [-0.39, 0.29) is 19.8 Å². The fraction of sp³-hybridized carbons (Fsp3) is 0.286. The number of sulfonamides is 2. The minimum Gasteiger partial charge on any atom is -0.497 e. The summed E-state index contributed by atoms with van der Waals surface area (Å²) in [7, 11) is -5.67. The zero-order chi connectivity index (χ0) is 43.3. The van der Waals surface area contributed by atoms with Crippen molar-refractivity contribution in [1.82, 2.24) is 18.6 Å². The van der Waals surface area contributed by atoms with E-state index < -0.39 is 20.0 Å². The number of methoxy groups -OCH3 is 1.